The number of fused-ring (bicyclic) bond motifs is 1. The Morgan fingerprint density at radius 3 is 3.06 bits per heavy atom. The number of hydroxylamine groups is 1. The van der Waals surface area contributed by atoms with Crippen LogP contribution in [0.1, 0.15) is 0 Å². The fraction of sp³-hybridized carbons (Fsp3) is 0.273. The number of hydrogen-bond acceptors (Lipinski definition) is 5. The van der Waals surface area contributed by atoms with E-state index in [9.17, 15) is 9.59 Å². The summed E-state index contributed by atoms with van der Waals surface area (Å²) in [4.78, 5) is 26.3. The first kappa shape index (κ1) is 12.2. The smallest absolute Gasteiger partial charge is 0.332 e. The van der Waals surface area contributed by atoms with Gasteiger partial charge in [0.2, 0.25) is 0 Å². The van der Waals surface area contributed by atoms with E-state index in [4.69, 9.17) is 9.84 Å². The van der Waals surface area contributed by atoms with Crippen molar-refractivity contribution >= 4 is 17.6 Å². The van der Waals surface area contributed by atoms with E-state index < -0.39 is 24.6 Å². The normalized spacial score (nSPS) is 17.0. The Balaban J connectivity index is 1.88. The average molecular weight is 252 g/mol. The van der Waals surface area contributed by atoms with Crippen LogP contribution in [0.2, 0.25) is 0 Å². The van der Waals surface area contributed by atoms with Gasteiger partial charge in [-0.1, -0.05) is 12.1 Å². The first-order chi connectivity index (χ1) is 8.66. The molecule has 1 aliphatic rings. The molecule has 7 nitrogen and oxygen atoms in total. The monoisotopic (exact) mass is 252 g/mol. The van der Waals surface area contributed by atoms with E-state index in [2.05, 4.69) is 10.2 Å². The van der Waals surface area contributed by atoms with Gasteiger partial charge in [0.05, 0.1) is 12.2 Å². The van der Waals surface area contributed by atoms with Crippen molar-refractivity contribution in [3.63, 3.8) is 0 Å². The zero-order chi connectivity index (χ0) is 13.0. The molecular formula is C11H12N2O5. The second-order valence-corrected chi connectivity index (χ2v) is 3.63. The maximum Gasteiger partial charge on any atom is 0.332 e. The number of nitrogens with one attached hydrogen (secondary N) is 2. The van der Waals surface area contributed by atoms with Crippen LogP contribution < -0.4 is 15.5 Å². The summed E-state index contributed by atoms with van der Waals surface area (Å²) in [7, 11) is 0. The quantitative estimate of drug-likeness (QED) is 0.652. The fourth-order valence-corrected chi connectivity index (χ4v) is 1.49. The molecule has 0 fully saturated rings. The Morgan fingerprint density at radius 1 is 1.50 bits per heavy atom. The van der Waals surface area contributed by atoms with Gasteiger partial charge in [-0.05, 0) is 12.1 Å². The molecule has 3 N–H and O–H groups in total. The predicted octanol–water partition coefficient (Wildman–Crippen LogP) is -0.00810. The van der Waals surface area contributed by atoms with Crippen molar-refractivity contribution in [3.8, 4) is 5.75 Å². The van der Waals surface area contributed by atoms with Gasteiger partial charge >= 0.3 is 5.97 Å². The molecule has 1 aromatic rings. The van der Waals surface area contributed by atoms with Crippen LogP contribution in [0, 0.1) is 0 Å². The van der Waals surface area contributed by atoms with Crippen LogP contribution >= 0.6 is 0 Å². The van der Waals surface area contributed by atoms with E-state index in [0.29, 0.717) is 12.3 Å². The molecule has 96 valence electrons. The fourth-order valence-electron chi connectivity index (χ4n) is 1.49. The van der Waals surface area contributed by atoms with Crippen LogP contribution in [0.5, 0.6) is 5.75 Å². The molecule has 0 aliphatic carbocycles. The lowest BCUT2D eigenvalue weighted by molar-refractivity contribution is -0.151. The van der Waals surface area contributed by atoms with Crippen LogP contribution in [0.15, 0.2) is 24.3 Å². The largest absolute Gasteiger partial charge is 0.479 e. The Kier molecular flexibility index (Phi) is 3.63. The van der Waals surface area contributed by atoms with E-state index >= 15 is 0 Å². The first-order valence-corrected chi connectivity index (χ1v) is 5.30. The number of para-hydroxylation sites is 2. The van der Waals surface area contributed by atoms with Crippen molar-refractivity contribution < 1.29 is 24.3 Å². The summed E-state index contributed by atoms with van der Waals surface area (Å²) in [6.45, 7) is -0.304. The molecule has 1 aliphatic heterocycles. The summed E-state index contributed by atoms with van der Waals surface area (Å²) in [5, 5.41) is 11.4. The molecule has 1 amide bonds. The number of anilines is 1. The number of carboxylic acids is 1. The Labute approximate surface area is 103 Å². The summed E-state index contributed by atoms with van der Waals surface area (Å²) >= 11 is 0. The lowest BCUT2D eigenvalue weighted by Crippen LogP contribution is -2.45. The predicted molar refractivity (Wildman–Crippen MR) is 61.1 cm³/mol. The Bertz CT molecular complexity index is 463. The van der Waals surface area contributed by atoms with Crippen LogP contribution in [0.4, 0.5) is 5.69 Å². The van der Waals surface area contributed by atoms with Crippen LogP contribution in [0.3, 0.4) is 0 Å². The van der Waals surface area contributed by atoms with E-state index in [1.54, 1.807) is 12.1 Å². The van der Waals surface area contributed by atoms with Gasteiger partial charge in [-0.2, -0.15) is 0 Å². The third-order valence-electron chi connectivity index (χ3n) is 2.30. The lowest BCUT2D eigenvalue weighted by atomic mass is 10.2. The Morgan fingerprint density at radius 2 is 2.28 bits per heavy atom. The van der Waals surface area contributed by atoms with E-state index in [1.165, 1.54) is 0 Å². The first-order valence-electron chi connectivity index (χ1n) is 5.30. The molecule has 1 unspecified atom stereocenters. The molecule has 0 aromatic heterocycles. The van der Waals surface area contributed by atoms with Crippen molar-refractivity contribution in [1.82, 2.24) is 5.48 Å². The molecule has 2 rings (SSSR count). The van der Waals surface area contributed by atoms with Gasteiger partial charge in [0.15, 0.2) is 12.7 Å². The van der Waals surface area contributed by atoms with E-state index in [-0.39, 0.29) is 0 Å². The van der Waals surface area contributed by atoms with Crippen molar-refractivity contribution in [3.05, 3.63) is 24.3 Å². The number of ether oxygens (including phenoxy) is 1. The standard InChI is InChI=1S/C11H12N2O5/c14-10(15)6-17-13-11(16)9-5-12-7-3-1-2-4-8(7)18-9/h1-4,9,12H,5-6H2,(H,13,16)(H,14,15). The minimum absolute atomic E-state index is 0.291. The summed E-state index contributed by atoms with van der Waals surface area (Å²) in [5.74, 6) is -1.12. The molecule has 7 heteroatoms. The van der Waals surface area contributed by atoms with Crippen molar-refractivity contribution in [2.45, 2.75) is 6.10 Å². The zero-order valence-electron chi connectivity index (χ0n) is 9.38. The second kappa shape index (κ2) is 5.37. The molecule has 0 bridgehead atoms. The number of carboxylic acid groups (broad SMARTS) is 1. The summed E-state index contributed by atoms with van der Waals surface area (Å²) < 4.78 is 5.45. The number of rotatable bonds is 4. The van der Waals surface area contributed by atoms with Crippen LogP contribution in [-0.4, -0.2) is 36.2 Å². The highest BCUT2D eigenvalue weighted by Crippen LogP contribution is 2.27. The van der Waals surface area contributed by atoms with Gasteiger partial charge in [-0.3, -0.25) is 9.63 Å². The number of aliphatic carboxylic acids is 1. The van der Waals surface area contributed by atoms with Crippen molar-refractivity contribution in [1.29, 1.82) is 0 Å². The second-order valence-electron chi connectivity index (χ2n) is 3.63. The average Bonchev–Trinajstić information content (AvgIpc) is 2.37. The van der Waals surface area contributed by atoms with Crippen LogP contribution in [0.25, 0.3) is 0 Å². The molecule has 0 radical (unpaired) electrons. The number of amides is 1. The third kappa shape index (κ3) is 2.89. The van der Waals surface area contributed by atoms with Gasteiger partial charge in [-0.25, -0.2) is 10.3 Å². The highest BCUT2D eigenvalue weighted by molar-refractivity contribution is 5.82. The van der Waals surface area contributed by atoms with Gasteiger partial charge in [0.1, 0.15) is 5.75 Å². The van der Waals surface area contributed by atoms with Crippen LogP contribution in [-0.2, 0) is 14.4 Å². The number of hydrogen-bond donors (Lipinski definition) is 3. The Hall–Kier alpha value is -2.28. The number of carbonyl (C=O) groups is 2. The highest BCUT2D eigenvalue weighted by atomic mass is 16.7. The number of benzene rings is 1. The molecular weight excluding hydrogens is 240 g/mol. The van der Waals surface area contributed by atoms with E-state index in [0.717, 1.165) is 5.69 Å². The molecule has 1 aromatic carbocycles. The molecule has 1 atom stereocenters. The lowest BCUT2D eigenvalue weighted by Gasteiger charge is -2.26. The van der Waals surface area contributed by atoms with Gasteiger partial charge in [0.25, 0.3) is 5.91 Å². The zero-order valence-corrected chi connectivity index (χ0v) is 9.38. The van der Waals surface area contributed by atoms with E-state index in [1.807, 2.05) is 17.6 Å². The minimum Gasteiger partial charge on any atom is -0.479 e. The van der Waals surface area contributed by atoms with Crippen molar-refractivity contribution in [2.75, 3.05) is 18.5 Å². The summed E-state index contributed by atoms with van der Waals surface area (Å²) in [6.07, 6.45) is -0.756. The molecule has 0 spiro atoms. The number of carbonyl (C=O) groups excluding carboxylic acids is 1. The van der Waals surface area contributed by atoms with Gasteiger partial charge in [-0.15, -0.1) is 0 Å². The maximum absolute atomic E-state index is 11.6. The molecule has 0 saturated carbocycles. The molecule has 0 saturated heterocycles. The molecule has 1 heterocycles. The van der Waals surface area contributed by atoms with Gasteiger partial charge < -0.3 is 15.2 Å². The SMILES string of the molecule is O=C(O)CONC(=O)C1CNc2ccccc2O1. The summed E-state index contributed by atoms with van der Waals surface area (Å²) in [5.41, 5.74) is 2.84. The minimum atomic E-state index is -1.16. The third-order valence-corrected chi connectivity index (χ3v) is 2.30. The topological polar surface area (TPSA) is 96.9 Å². The maximum atomic E-state index is 11.6. The molecule has 18 heavy (non-hydrogen) atoms. The van der Waals surface area contributed by atoms with Gasteiger partial charge in [0, 0.05) is 0 Å². The summed E-state index contributed by atoms with van der Waals surface area (Å²) in [6, 6.07) is 7.22. The van der Waals surface area contributed by atoms with Crippen molar-refractivity contribution in [2.24, 2.45) is 0 Å². The highest BCUT2D eigenvalue weighted by Gasteiger charge is 2.25.